The van der Waals surface area contributed by atoms with Crippen LogP contribution in [-0.2, 0) is 0 Å². The van der Waals surface area contributed by atoms with Crippen molar-refractivity contribution in [3.05, 3.63) is 18.2 Å². The van der Waals surface area contributed by atoms with Crippen LogP contribution in [0.1, 0.15) is 12.8 Å². The Morgan fingerprint density at radius 3 is 3.00 bits per heavy atom. The van der Waals surface area contributed by atoms with Crippen molar-refractivity contribution in [2.24, 2.45) is 0 Å². The summed E-state index contributed by atoms with van der Waals surface area (Å²) in [5.74, 6) is 0.926. The van der Waals surface area contributed by atoms with Crippen LogP contribution in [0.15, 0.2) is 18.2 Å². The van der Waals surface area contributed by atoms with Crippen LogP contribution in [0.5, 0.6) is 5.75 Å². The molecule has 0 bridgehead atoms. The van der Waals surface area contributed by atoms with Gasteiger partial charge < -0.3 is 15.8 Å². The zero-order chi connectivity index (χ0) is 11.7. The van der Waals surface area contributed by atoms with E-state index in [9.17, 15) is 0 Å². The number of fused-ring (bicyclic) bond motifs is 1. The zero-order valence-corrected chi connectivity index (χ0v) is 9.98. The minimum Gasteiger partial charge on any atom is -0.485 e. The summed E-state index contributed by atoms with van der Waals surface area (Å²) < 4.78 is 5.99. The van der Waals surface area contributed by atoms with Gasteiger partial charge in [0, 0.05) is 12.2 Å². The van der Waals surface area contributed by atoms with Gasteiger partial charge in [-0.3, -0.25) is 4.90 Å². The minimum atomic E-state index is 0.254. The van der Waals surface area contributed by atoms with Crippen LogP contribution in [-0.4, -0.2) is 37.2 Å². The number of hydrogen-bond donors (Lipinski definition) is 2. The van der Waals surface area contributed by atoms with Gasteiger partial charge in [0.05, 0.1) is 12.2 Å². The molecule has 0 amide bonds. The van der Waals surface area contributed by atoms with Gasteiger partial charge in [-0.1, -0.05) is 0 Å². The molecule has 0 saturated carbocycles. The Labute approximate surface area is 102 Å². The van der Waals surface area contributed by atoms with Crippen molar-refractivity contribution < 1.29 is 4.74 Å². The van der Waals surface area contributed by atoms with Crippen molar-refractivity contribution in [3.8, 4) is 5.75 Å². The third-order valence-corrected chi connectivity index (χ3v) is 3.48. The Balaban J connectivity index is 1.65. The summed E-state index contributed by atoms with van der Waals surface area (Å²) >= 11 is 0. The number of benzene rings is 1. The fourth-order valence-electron chi connectivity index (χ4n) is 2.59. The topological polar surface area (TPSA) is 50.5 Å². The molecule has 0 aliphatic carbocycles. The largest absolute Gasteiger partial charge is 0.485 e. The number of hydrogen-bond acceptors (Lipinski definition) is 4. The molecular formula is C13H19N3O. The molecule has 17 heavy (non-hydrogen) atoms. The predicted molar refractivity (Wildman–Crippen MR) is 69.4 cm³/mol. The van der Waals surface area contributed by atoms with Crippen LogP contribution in [0, 0.1) is 0 Å². The van der Waals surface area contributed by atoms with E-state index in [1.165, 1.54) is 25.9 Å². The van der Waals surface area contributed by atoms with Crippen molar-refractivity contribution in [3.63, 3.8) is 0 Å². The Kier molecular flexibility index (Phi) is 2.81. The first-order chi connectivity index (χ1) is 8.31. The van der Waals surface area contributed by atoms with Crippen LogP contribution in [0.3, 0.4) is 0 Å². The maximum atomic E-state index is 5.99. The first-order valence-electron chi connectivity index (χ1n) is 6.34. The second-order valence-corrected chi connectivity index (χ2v) is 4.88. The van der Waals surface area contributed by atoms with Crippen LogP contribution in [0.4, 0.5) is 11.4 Å². The van der Waals surface area contributed by atoms with E-state index in [0.717, 1.165) is 30.2 Å². The van der Waals surface area contributed by atoms with Gasteiger partial charge in [0.2, 0.25) is 0 Å². The maximum Gasteiger partial charge on any atom is 0.143 e. The summed E-state index contributed by atoms with van der Waals surface area (Å²) in [6, 6.07) is 5.77. The highest BCUT2D eigenvalue weighted by molar-refractivity contribution is 5.64. The molecule has 0 radical (unpaired) electrons. The van der Waals surface area contributed by atoms with E-state index in [2.05, 4.69) is 10.2 Å². The van der Waals surface area contributed by atoms with E-state index in [0.29, 0.717) is 0 Å². The van der Waals surface area contributed by atoms with Gasteiger partial charge in [-0.25, -0.2) is 0 Å². The molecule has 1 fully saturated rings. The van der Waals surface area contributed by atoms with Crippen LogP contribution < -0.4 is 15.8 Å². The number of anilines is 2. The van der Waals surface area contributed by atoms with Crippen molar-refractivity contribution in [1.29, 1.82) is 0 Å². The maximum absolute atomic E-state index is 5.99. The molecule has 1 aromatic carbocycles. The van der Waals surface area contributed by atoms with Gasteiger partial charge in [-0.05, 0) is 44.1 Å². The van der Waals surface area contributed by atoms with Crippen LogP contribution in [0.2, 0.25) is 0 Å². The van der Waals surface area contributed by atoms with Crippen LogP contribution in [0.25, 0.3) is 0 Å². The Bertz CT molecular complexity index is 402. The molecule has 1 atom stereocenters. The van der Waals surface area contributed by atoms with E-state index in [4.69, 9.17) is 10.5 Å². The highest BCUT2D eigenvalue weighted by Gasteiger charge is 2.23. The Hall–Kier alpha value is -1.42. The summed E-state index contributed by atoms with van der Waals surface area (Å²) in [6.45, 7) is 4.33. The number of likely N-dealkylation sites (tertiary alicyclic amines) is 1. The van der Waals surface area contributed by atoms with Gasteiger partial charge >= 0.3 is 0 Å². The van der Waals surface area contributed by atoms with E-state index >= 15 is 0 Å². The average Bonchev–Trinajstić information content (AvgIpc) is 2.82. The highest BCUT2D eigenvalue weighted by Crippen LogP contribution is 2.31. The highest BCUT2D eigenvalue weighted by atomic mass is 16.5. The van der Waals surface area contributed by atoms with Gasteiger partial charge in [0.1, 0.15) is 11.9 Å². The van der Waals surface area contributed by atoms with Gasteiger partial charge in [-0.2, -0.15) is 0 Å². The molecule has 1 aromatic rings. The second-order valence-electron chi connectivity index (χ2n) is 4.88. The summed E-state index contributed by atoms with van der Waals surface area (Å²) in [5.41, 5.74) is 7.54. The molecule has 4 nitrogen and oxygen atoms in total. The Morgan fingerprint density at radius 2 is 2.18 bits per heavy atom. The first-order valence-corrected chi connectivity index (χ1v) is 6.34. The molecule has 2 aliphatic heterocycles. The molecule has 0 aromatic heterocycles. The van der Waals surface area contributed by atoms with E-state index in [1.807, 2.05) is 18.2 Å². The number of nitrogens with one attached hydrogen (secondary N) is 1. The smallest absolute Gasteiger partial charge is 0.143 e. The standard InChI is InChI=1S/C13H19N3O/c14-10-3-4-13-12(7-10)15-8-11(17-13)9-16-5-1-2-6-16/h3-4,7,11,15H,1-2,5-6,8-9,14H2/t11-/m1/s1. The number of ether oxygens (including phenoxy) is 1. The molecule has 3 N–H and O–H groups in total. The lowest BCUT2D eigenvalue weighted by Gasteiger charge is -2.30. The number of nitrogens with two attached hydrogens (primary N) is 1. The quantitative estimate of drug-likeness (QED) is 0.761. The summed E-state index contributed by atoms with van der Waals surface area (Å²) in [7, 11) is 0. The van der Waals surface area contributed by atoms with Crippen molar-refractivity contribution in [2.75, 3.05) is 37.2 Å². The molecule has 4 heteroatoms. The normalized spacial score (nSPS) is 23.9. The van der Waals surface area contributed by atoms with E-state index in [1.54, 1.807) is 0 Å². The molecule has 3 rings (SSSR count). The molecule has 2 heterocycles. The third kappa shape index (κ3) is 2.31. The molecule has 92 valence electrons. The third-order valence-electron chi connectivity index (χ3n) is 3.48. The fourth-order valence-corrected chi connectivity index (χ4v) is 2.59. The fraction of sp³-hybridized carbons (Fsp3) is 0.538. The average molecular weight is 233 g/mol. The lowest BCUT2D eigenvalue weighted by atomic mass is 10.2. The zero-order valence-electron chi connectivity index (χ0n) is 9.98. The first kappa shape index (κ1) is 10.7. The van der Waals surface area contributed by atoms with Crippen LogP contribution >= 0.6 is 0 Å². The number of nitrogens with zero attached hydrogens (tertiary/aromatic N) is 1. The van der Waals surface area contributed by atoms with Crippen molar-refractivity contribution in [1.82, 2.24) is 4.90 Å². The summed E-state index contributed by atoms with van der Waals surface area (Å²) in [6.07, 6.45) is 2.91. The number of nitrogen functional groups attached to an aromatic ring is 1. The second kappa shape index (κ2) is 4.45. The lowest BCUT2D eigenvalue weighted by Crippen LogP contribution is -2.40. The molecule has 1 saturated heterocycles. The molecule has 2 aliphatic rings. The molecule has 0 spiro atoms. The SMILES string of the molecule is Nc1ccc2c(c1)NC[C@H](CN1CCCC1)O2. The van der Waals surface area contributed by atoms with Crippen molar-refractivity contribution >= 4 is 11.4 Å². The monoisotopic (exact) mass is 233 g/mol. The summed E-state index contributed by atoms with van der Waals surface area (Å²) in [4.78, 5) is 2.48. The lowest BCUT2D eigenvalue weighted by molar-refractivity contribution is 0.151. The minimum absolute atomic E-state index is 0.254. The van der Waals surface area contributed by atoms with E-state index in [-0.39, 0.29) is 6.10 Å². The molecular weight excluding hydrogens is 214 g/mol. The number of rotatable bonds is 2. The van der Waals surface area contributed by atoms with E-state index < -0.39 is 0 Å². The van der Waals surface area contributed by atoms with Gasteiger partial charge in [0.25, 0.3) is 0 Å². The van der Waals surface area contributed by atoms with Crippen molar-refractivity contribution in [2.45, 2.75) is 18.9 Å². The van der Waals surface area contributed by atoms with Gasteiger partial charge in [0.15, 0.2) is 0 Å². The predicted octanol–water partition coefficient (Wildman–Crippen LogP) is 1.54. The molecule has 0 unspecified atom stereocenters. The summed E-state index contributed by atoms with van der Waals surface area (Å²) in [5, 5.41) is 3.40. The van der Waals surface area contributed by atoms with Gasteiger partial charge in [-0.15, -0.1) is 0 Å². The Morgan fingerprint density at radius 1 is 1.35 bits per heavy atom.